The molecule has 0 aliphatic carbocycles. The van der Waals surface area contributed by atoms with E-state index in [0.29, 0.717) is 24.3 Å². The van der Waals surface area contributed by atoms with Crippen LogP contribution in [0.1, 0.15) is 29.8 Å². The van der Waals surface area contributed by atoms with E-state index in [1.807, 2.05) is 13.8 Å². The zero-order chi connectivity index (χ0) is 22.1. The van der Waals surface area contributed by atoms with Gasteiger partial charge in [-0.15, -0.1) is 0 Å². The maximum Gasteiger partial charge on any atom is 0.331 e. The molecule has 0 fully saturated rings. The fourth-order valence-electron chi connectivity index (χ4n) is 2.59. The van der Waals surface area contributed by atoms with Crippen LogP contribution in [0.3, 0.4) is 0 Å². The summed E-state index contributed by atoms with van der Waals surface area (Å²) in [4.78, 5) is 37.6. The number of amides is 2. The Labute approximate surface area is 179 Å². The van der Waals surface area contributed by atoms with E-state index in [1.165, 1.54) is 24.3 Å². The van der Waals surface area contributed by atoms with Crippen molar-refractivity contribution in [1.29, 1.82) is 0 Å². The van der Waals surface area contributed by atoms with Gasteiger partial charge in [0.05, 0.1) is 5.02 Å². The Kier molecular flexibility index (Phi) is 8.55. The average molecular weight is 433 g/mol. The standard InChI is InChI=1S/C22H22ClFN2O4/c1-3-26(4-2)22(29)15-8-10-16(11-9-15)25-20(27)14-30-21(28)13-12-17-18(23)6-5-7-19(17)24/h5-13H,3-4,14H2,1-2H3,(H,25,27)/b13-12+. The number of hydrogen-bond donors (Lipinski definition) is 1. The number of nitrogens with one attached hydrogen (secondary N) is 1. The highest BCUT2D eigenvalue weighted by molar-refractivity contribution is 6.32. The van der Waals surface area contributed by atoms with E-state index < -0.39 is 24.3 Å². The summed E-state index contributed by atoms with van der Waals surface area (Å²) in [6, 6.07) is 10.6. The number of hydrogen-bond acceptors (Lipinski definition) is 4. The fraction of sp³-hybridized carbons (Fsp3) is 0.227. The number of halogens is 2. The lowest BCUT2D eigenvalue weighted by atomic mass is 10.2. The normalized spacial score (nSPS) is 10.7. The van der Waals surface area contributed by atoms with Crippen LogP contribution in [-0.4, -0.2) is 42.4 Å². The fourth-order valence-corrected chi connectivity index (χ4v) is 2.82. The number of rotatable bonds is 8. The lowest BCUT2D eigenvalue weighted by Gasteiger charge is -2.18. The molecule has 8 heteroatoms. The SMILES string of the molecule is CCN(CC)C(=O)c1ccc(NC(=O)COC(=O)/C=C/c2c(F)cccc2Cl)cc1. The maximum atomic E-state index is 13.6. The summed E-state index contributed by atoms with van der Waals surface area (Å²) in [6.45, 7) is 4.50. The Morgan fingerprint density at radius 3 is 2.37 bits per heavy atom. The minimum atomic E-state index is -0.815. The van der Waals surface area contributed by atoms with Crippen molar-refractivity contribution in [2.24, 2.45) is 0 Å². The molecule has 0 atom stereocenters. The van der Waals surface area contributed by atoms with Crippen LogP contribution in [0.5, 0.6) is 0 Å². The second kappa shape index (κ2) is 11.1. The van der Waals surface area contributed by atoms with Crippen LogP contribution in [0.4, 0.5) is 10.1 Å². The van der Waals surface area contributed by atoms with Crippen molar-refractivity contribution in [2.75, 3.05) is 25.0 Å². The summed E-state index contributed by atoms with van der Waals surface area (Å²) >= 11 is 5.86. The van der Waals surface area contributed by atoms with Crippen LogP contribution >= 0.6 is 11.6 Å². The van der Waals surface area contributed by atoms with Gasteiger partial charge < -0.3 is 15.0 Å². The van der Waals surface area contributed by atoms with Crippen molar-refractivity contribution in [3.05, 3.63) is 70.5 Å². The van der Waals surface area contributed by atoms with Crippen LogP contribution < -0.4 is 5.32 Å². The van der Waals surface area contributed by atoms with E-state index in [4.69, 9.17) is 16.3 Å². The van der Waals surface area contributed by atoms with Crippen molar-refractivity contribution in [3.63, 3.8) is 0 Å². The molecule has 0 spiro atoms. The van der Waals surface area contributed by atoms with E-state index in [9.17, 15) is 18.8 Å². The molecule has 0 bridgehead atoms. The number of carbonyl (C=O) groups excluding carboxylic acids is 3. The molecule has 0 aliphatic rings. The zero-order valence-corrected chi connectivity index (χ0v) is 17.4. The second-order valence-electron chi connectivity index (χ2n) is 6.18. The van der Waals surface area contributed by atoms with Crippen LogP contribution in [0.2, 0.25) is 5.02 Å². The van der Waals surface area contributed by atoms with Gasteiger partial charge in [0.2, 0.25) is 0 Å². The summed E-state index contributed by atoms with van der Waals surface area (Å²) in [5, 5.41) is 2.72. The molecule has 0 radical (unpaired) electrons. The Hall–Kier alpha value is -3.19. The Balaban J connectivity index is 1.86. The lowest BCUT2D eigenvalue weighted by molar-refractivity contribution is -0.142. The van der Waals surface area contributed by atoms with Gasteiger partial charge in [-0.25, -0.2) is 9.18 Å². The third kappa shape index (κ3) is 6.42. The molecule has 0 aromatic heterocycles. The zero-order valence-electron chi connectivity index (χ0n) is 16.7. The van der Waals surface area contributed by atoms with E-state index in [2.05, 4.69) is 5.32 Å². The minimum Gasteiger partial charge on any atom is -0.452 e. The molecule has 0 heterocycles. The molecular formula is C22H22ClFN2O4. The molecule has 158 valence electrons. The first kappa shape index (κ1) is 23.1. The van der Waals surface area contributed by atoms with Crippen LogP contribution in [0, 0.1) is 5.82 Å². The predicted molar refractivity (Wildman–Crippen MR) is 114 cm³/mol. The molecule has 30 heavy (non-hydrogen) atoms. The second-order valence-corrected chi connectivity index (χ2v) is 6.59. The van der Waals surface area contributed by atoms with Gasteiger partial charge in [-0.2, -0.15) is 0 Å². The topological polar surface area (TPSA) is 75.7 Å². The highest BCUT2D eigenvalue weighted by atomic mass is 35.5. The molecule has 2 aromatic rings. The number of benzene rings is 2. The van der Waals surface area contributed by atoms with Gasteiger partial charge in [0.1, 0.15) is 5.82 Å². The largest absolute Gasteiger partial charge is 0.452 e. The first-order chi connectivity index (χ1) is 14.3. The number of esters is 1. The number of nitrogens with zero attached hydrogens (tertiary/aromatic N) is 1. The van der Waals surface area contributed by atoms with Crippen LogP contribution in [0.25, 0.3) is 6.08 Å². The van der Waals surface area contributed by atoms with E-state index in [1.54, 1.807) is 29.2 Å². The smallest absolute Gasteiger partial charge is 0.331 e. The molecule has 6 nitrogen and oxygen atoms in total. The third-order valence-electron chi connectivity index (χ3n) is 4.20. The van der Waals surface area contributed by atoms with Crippen molar-refractivity contribution < 1.29 is 23.5 Å². The van der Waals surface area contributed by atoms with Gasteiger partial charge in [-0.05, 0) is 56.3 Å². The Morgan fingerprint density at radius 2 is 1.77 bits per heavy atom. The maximum absolute atomic E-state index is 13.6. The Bertz CT molecular complexity index is 920. The van der Waals surface area contributed by atoms with Gasteiger partial charge >= 0.3 is 5.97 Å². The van der Waals surface area contributed by atoms with Crippen molar-refractivity contribution in [2.45, 2.75) is 13.8 Å². The quantitative estimate of drug-likeness (QED) is 0.502. The third-order valence-corrected chi connectivity index (χ3v) is 4.53. The highest BCUT2D eigenvalue weighted by Gasteiger charge is 2.13. The monoisotopic (exact) mass is 432 g/mol. The van der Waals surface area contributed by atoms with Crippen LogP contribution in [-0.2, 0) is 14.3 Å². The molecule has 0 saturated carbocycles. The molecule has 0 saturated heterocycles. The molecular weight excluding hydrogens is 411 g/mol. The van der Waals surface area contributed by atoms with Crippen LogP contribution in [0.15, 0.2) is 48.5 Å². The van der Waals surface area contributed by atoms with Gasteiger partial charge in [0, 0.05) is 36.0 Å². The first-order valence-electron chi connectivity index (χ1n) is 9.33. The predicted octanol–water partition coefficient (Wildman–Crippen LogP) is 4.16. The van der Waals surface area contributed by atoms with Crippen molar-refractivity contribution in [1.82, 2.24) is 4.90 Å². The van der Waals surface area contributed by atoms with E-state index >= 15 is 0 Å². The molecule has 2 rings (SSSR count). The van der Waals surface area contributed by atoms with Gasteiger partial charge in [0.25, 0.3) is 11.8 Å². The highest BCUT2D eigenvalue weighted by Crippen LogP contribution is 2.20. The first-order valence-corrected chi connectivity index (χ1v) is 9.71. The summed E-state index contributed by atoms with van der Waals surface area (Å²) in [5.74, 6) is -2.03. The van der Waals surface area contributed by atoms with E-state index in [0.717, 1.165) is 6.08 Å². The molecule has 2 amide bonds. The summed E-state index contributed by atoms with van der Waals surface area (Å²) in [7, 11) is 0. The summed E-state index contributed by atoms with van der Waals surface area (Å²) in [6.07, 6.45) is 2.18. The van der Waals surface area contributed by atoms with Gasteiger partial charge in [-0.3, -0.25) is 9.59 Å². The minimum absolute atomic E-state index is 0.0555. The molecule has 1 N–H and O–H groups in total. The number of carbonyl (C=O) groups is 3. The summed E-state index contributed by atoms with van der Waals surface area (Å²) in [5.41, 5.74) is 1.03. The lowest BCUT2D eigenvalue weighted by Crippen LogP contribution is -2.30. The number of ether oxygens (including phenoxy) is 1. The average Bonchev–Trinajstić information content (AvgIpc) is 2.73. The molecule has 2 aromatic carbocycles. The van der Waals surface area contributed by atoms with Gasteiger partial charge in [0.15, 0.2) is 6.61 Å². The molecule has 0 unspecified atom stereocenters. The van der Waals surface area contributed by atoms with Crippen molar-refractivity contribution >= 4 is 41.1 Å². The van der Waals surface area contributed by atoms with Crippen molar-refractivity contribution in [3.8, 4) is 0 Å². The van der Waals surface area contributed by atoms with Gasteiger partial charge in [-0.1, -0.05) is 17.7 Å². The summed E-state index contributed by atoms with van der Waals surface area (Å²) < 4.78 is 18.5. The molecule has 0 aliphatic heterocycles. The number of anilines is 1. The van der Waals surface area contributed by atoms with E-state index in [-0.39, 0.29) is 16.5 Å². The Morgan fingerprint density at radius 1 is 1.10 bits per heavy atom.